The molecule has 4 nitrogen and oxygen atoms in total. The van der Waals surface area contributed by atoms with E-state index in [2.05, 4.69) is 6.92 Å². The molecule has 1 rings (SSSR count). The van der Waals surface area contributed by atoms with E-state index in [1.165, 1.54) is 0 Å². The van der Waals surface area contributed by atoms with E-state index in [1.807, 2.05) is 6.08 Å². The summed E-state index contributed by atoms with van der Waals surface area (Å²) < 4.78 is 4.96. The molecule has 0 aromatic rings. The Balaban J connectivity index is 2.52. The standard InChI is InChI=1S/C16H26O4/c1-3-5-6-7-13(17)10-8-12-9-11-14(18)15(12)16(19)20-4-2/h8,10,12-13,15,17H,3-7,9,11H2,1-2H3/b10-8+. The Morgan fingerprint density at radius 2 is 2.20 bits per heavy atom. The molecule has 1 aliphatic carbocycles. The molecule has 0 radical (unpaired) electrons. The molecule has 0 amide bonds. The molecular formula is C16H26O4. The molecule has 0 heterocycles. The molecule has 1 fully saturated rings. The minimum atomic E-state index is -0.672. The third-order valence-electron chi connectivity index (χ3n) is 3.72. The van der Waals surface area contributed by atoms with Crippen LogP contribution in [-0.2, 0) is 14.3 Å². The van der Waals surface area contributed by atoms with Crippen molar-refractivity contribution in [2.24, 2.45) is 11.8 Å². The van der Waals surface area contributed by atoms with Crippen molar-refractivity contribution in [1.82, 2.24) is 0 Å². The van der Waals surface area contributed by atoms with Gasteiger partial charge in [-0.1, -0.05) is 38.3 Å². The summed E-state index contributed by atoms with van der Waals surface area (Å²) >= 11 is 0. The number of carbonyl (C=O) groups excluding carboxylic acids is 2. The van der Waals surface area contributed by atoms with Crippen molar-refractivity contribution in [3.63, 3.8) is 0 Å². The zero-order chi connectivity index (χ0) is 15.0. The van der Waals surface area contributed by atoms with Crippen molar-refractivity contribution >= 4 is 11.8 Å². The van der Waals surface area contributed by atoms with Crippen LogP contribution in [0.1, 0.15) is 52.4 Å². The van der Waals surface area contributed by atoms with Gasteiger partial charge < -0.3 is 9.84 Å². The summed E-state index contributed by atoms with van der Waals surface area (Å²) in [4.78, 5) is 23.5. The van der Waals surface area contributed by atoms with Gasteiger partial charge in [-0.15, -0.1) is 0 Å². The molecule has 0 aromatic carbocycles. The first-order valence-corrected chi connectivity index (χ1v) is 7.65. The molecule has 20 heavy (non-hydrogen) atoms. The Hall–Kier alpha value is -1.16. The number of allylic oxidation sites excluding steroid dienone is 1. The van der Waals surface area contributed by atoms with E-state index >= 15 is 0 Å². The van der Waals surface area contributed by atoms with E-state index in [-0.39, 0.29) is 11.7 Å². The van der Waals surface area contributed by atoms with Crippen LogP contribution in [0.4, 0.5) is 0 Å². The number of carbonyl (C=O) groups is 2. The van der Waals surface area contributed by atoms with Gasteiger partial charge in [0.15, 0.2) is 0 Å². The lowest BCUT2D eigenvalue weighted by molar-refractivity contribution is -0.151. The number of hydrogen-bond donors (Lipinski definition) is 1. The molecule has 0 saturated heterocycles. The quantitative estimate of drug-likeness (QED) is 0.322. The Kier molecular flexibility index (Phi) is 7.52. The average Bonchev–Trinajstić information content (AvgIpc) is 2.78. The minimum absolute atomic E-state index is 0.0430. The molecule has 4 heteroatoms. The normalized spacial score (nSPS) is 24.2. The maximum absolute atomic E-state index is 11.8. The summed E-state index contributed by atoms with van der Waals surface area (Å²) in [5.41, 5.74) is 0. The highest BCUT2D eigenvalue weighted by Crippen LogP contribution is 2.31. The van der Waals surface area contributed by atoms with Crippen molar-refractivity contribution in [3.05, 3.63) is 12.2 Å². The van der Waals surface area contributed by atoms with Gasteiger partial charge in [0.25, 0.3) is 0 Å². The van der Waals surface area contributed by atoms with Crippen LogP contribution in [0.3, 0.4) is 0 Å². The van der Waals surface area contributed by atoms with Crippen LogP contribution in [0.5, 0.6) is 0 Å². The van der Waals surface area contributed by atoms with Crippen LogP contribution in [0.15, 0.2) is 12.2 Å². The van der Waals surface area contributed by atoms with E-state index < -0.39 is 18.0 Å². The molecule has 0 bridgehead atoms. The molecule has 1 N–H and O–H groups in total. The van der Waals surface area contributed by atoms with Gasteiger partial charge in [0.1, 0.15) is 11.7 Å². The predicted molar refractivity (Wildman–Crippen MR) is 77.1 cm³/mol. The van der Waals surface area contributed by atoms with Crippen molar-refractivity contribution in [2.75, 3.05) is 6.61 Å². The molecule has 1 aliphatic rings. The average molecular weight is 282 g/mol. The Labute approximate surface area is 121 Å². The monoisotopic (exact) mass is 282 g/mol. The summed E-state index contributed by atoms with van der Waals surface area (Å²) in [7, 11) is 0. The van der Waals surface area contributed by atoms with Gasteiger partial charge in [-0.2, -0.15) is 0 Å². The smallest absolute Gasteiger partial charge is 0.317 e. The fourth-order valence-electron chi connectivity index (χ4n) is 2.59. The number of aliphatic hydroxyl groups excluding tert-OH is 1. The van der Waals surface area contributed by atoms with Crippen molar-refractivity contribution < 1.29 is 19.4 Å². The number of esters is 1. The summed E-state index contributed by atoms with van der Waals surface area (Å²) in [6.07, 6.45) is 8.11. The van der Waals surface area contributed by atoms with Crippen LogP contribution in [0, 0.1) is 11.8 Å². The third kappa shape index (κ3) is 5.08. The highest BCUT2D eigenvalue weighted by atomic mass is 16.5. The van der Waals surface area contributed by atoms with E-state index in [4.69, 9.17) is 4.74 Å². The van der Waals surface area contributed by atoms with Crippen molar-refractivity contribution in [2.45, 2.75) is 58.5 Å². The van der Waals surface area contributed by atoms with Crippen LogP contribution in [0.2, 0.25) is 0 Å². The van der Waals surface area contributed by atoms with E-state index in [1.54, 1.807) is 13.0 Å². The number of unbranched alkanes of at least 4 members (excludes halogenated alkanes) is 2. The van der Waals surface area contributed by atoms with Gasteiger partial charge in [-0.25, -0.2) is 0 Å². The Morgan fingerprint density at radius 1 is 1.45 bits per heavy atom. The predicted octanol–water partition coefficient (Wildman–Crippen LogP) is 2.64. The van der Waals surface area contributed by atoms with Gasteiger partial charge >= 0.3 is 5.97 Å². The SMILES string of the molecule is CCCCCC(O)/C=C/C1CCC(=O)C1C(=O)OCC. The number of Topliss-reactive ketones (excluding diaryl/α,β-unsaturated/α-hetero) is 1. The molecule has 114 valence electrons. The molecule has 0 aromatic heterocycles. The second-order valence-electron chi connectivity index (χ2n) is 5.35. The van der Waals surface area contributed by atoms with Crippen LogP contribution < -0.4 is 0 Å². The number of rotatable bonds is 8. The lowest BCUT2D eigenvalue weighted by atomic mass is 9.94. The largest absolute Gasteiger partial charge is 0.465 e. The van der Waals surface area contributed by atoms with Gasteiger partial charge in [0, 0.05) is 6.42 Å². The summed E-state index contributed by atoms with van der Waals surface area (Å²) in [6.45, 7) is 4.15. The first-order chi connectivity index (χ1) is 9.60. The van der Waals surface area contributed by atoms with Crippen LogP contribution >= 0.6 is 0 Å². The summed E-state index contributed by atoms with van der Waals surface area (Å²) in [5, 5.41) is 9.84. The summed E-state index contributed by atoms with van der Waals surface area (Å²) in [6, 6.07) is 0. The lowest BCUT2D eigenvalue weighted by Gasteiger charge is -2.14. The van der Waals surface area contributed by atoms with E-state index in [0.29, 0.717) is 19.4 Å². The molecule has 3 unspecified atom stereocenters. The number of aliphatic hydroxyl groups is 1. The topological polar surface area (TPSA) is 63.6 Å². The number of hydrogen-bond acceptors (Lipinski definition) is 4. The third-order valence-corrected chi connectivity index (χ3v) is 3.72. The lowest BCUT2D eigenvalue weighted by Crippen LogP contribution is -2.26. The van der Waals surface area contributed by atoms with Gasteiger partial charge in [-0.3, -0.25) is 9.59 Å². The molecular weight excluding hydrogens is 256 g/mol. The molecule has 1 saturated carbocycles. The zero-order valence-corrected chi connectivity index (χ0v) is 12.5. The maximum atomic E-state index is 11.8. The number of ether oxygens (including phenoxy) is 1. The Morgan fingerprint density at radius 3 is 2.85 bits per heavy atom. The van der Waals surface area contributed by atoms with E-state index in [0.717, 1.165) is 25.7 Å². The van der Waals surface area contributed by atoms with Crippen molar-refractivity contribution in [3.8, 4) is 0 Å². The maximum Gasteiger partial charge on any atom is 0.317 e. The van der Waals surface area contributed by atoms with Crippen LogP contribution in [0.25, 0.3) is 0 Å². The van der Waals surface area contributed by atoms with Gasteiger partial charge in [0.2, 0.25) is 0 Å². The first kappa shape index (κ1) is 16.9. The van der Waals surface area contributed by atoms with Crippen molar-refractivity contribution in [1.29, 1.82) is 0 Å². The van der Waals surface area contributed by atoms with Gasteiger partial charge in [0.05, 0.1) is 12.7 Å². The number of ketones is 1. The molecule has 3 atom stereocenters. The van der Waals surface area contributed by atoms with Gasteiger partial charge in [-0.05, 0) is 25.7 Å². The highest BCUT2D eigenvalue weighted by Gasteiger charge is 2.39. The highest BCUT2D eigenvalue weighted by molar-refractivity contribution is 6.01. The molecule has 0 spiro atoms. The minimum Gasteiger partial charge on any atom is -0.465 e. The second kappa shape index (κ2) is 8.90. The molecule has 0 aliphatic heterocycles. The first-order valence-electron chi connectivity index (χ1n) is 7.65. The van der Waals surface area contributed by atoms with E-state index in [9.17, 15) is 14.7 Å². The Bertz CT molecular complexity index is 348. The fraction of sp³-hybridized carbons (Fsp3) is 0.750. The second-order valence-corrected chi connectivity index (χ2v) is 5.35. The fourth-order valence-corrected chi connectivity index (χ4v) is 2.59. The summed E-state index contributed by atoms with van der Waals surface area (Å²) in [5.74, 6) is -1.26. The van der Waals surface area contributed by atoms with Crippen LogP contribution in [-0.4, -0.2) is 29.6 Å². The zero-order valence-electron chi connectivity index (χ0n) is 12.5.